The van der Waals surface area contributed by atoms with Gasteiger partial charge in [-0.05, 0) is 18.9 Å². The molecule has 0 saturated heterocycles. The van der Waals surface area contributed by atoms with Crippen molar-refractivity contribution in [2.75, 3.05) is 21.1 Å². The van der Waals surface area contributed by atoms with E-state index < -0.39 is 0 Å². The predicted molar refractivity (Wildman–Crippen MR) is 60.5 cm³/mol. The monoisotopic (exact) mass is 219 g/mol. The molecule has 0 N–H and O–H groups in total. The van der Waals surface area contributed by atoms with Gasteiger partial charge in [0.25, 0.3) is 0 Å². The van der Waals surface area contributed by atoms with E-state index in [1.165, 1.54) is 38.5 Å². The molecule has 0 aliphatic heterocycles. The number of allylic oxidation sites excluding steroid dienone is 1. The first kappa shape index (κ1) is 16.4. The van der Waals surface area contributed by atoms with Gasteiger partial charge in [-0.25, -0.2) is 0 Å². The summed E-state index contributed by atoms with van der Waals surface area (Å²) in [7, 11) is 6.56. The highest BCUT2D eigenvalue weighted by Crippen LogP contribution is 2.05. The third-order valence-corrected chi connectivity index (χ3v) is 2.03. The van der Waals surface area contributed by atoms with E-state index in [1.807, 2.05) is 0 Å². The first-order valence-electron chi connectivity index (χ1n) is 5.55. The minimum absolute atomic E-state index is 0. The molecule has 0 rings (SSSR count). The topological polar surface area (TPSA) is 0 Å². The summed E-state index contributed by atoms with van der Waals surface area (Å²) in [6.45, 7) is 2.26. The molecule has 0 unspecified atom stereocenters. The summed E-state index contributed by atoms with van der Waals surface area (Å²) in [5, 5.41) is 0. The van der Waals surface area contributed by atoms with Crippen LogP contribution in [0.4, 0.5) is 0 Å². The van der Waals surface area contributed by atoms with Crippen LogP contribution in [0.1, 0.15) is 45.4 Å². The third kappa shape index (κ3) is 14.5. The Bertz CT molecular complexity index is 136. The number of hydrogen-bond acceptors (Lipinski definition) is 0. The van der Waals surface area contributed by atoms with Gasteiger partial charge < -0.3 is 16.9 Å². The number of halogens is 1. The molecule has 0 bridgehead atoms. The van der Waals surface area contributed by atoms with E-state index in [4.69, 9.17) is 0 Å². The van der Waals surface area contributed by atoms with Crippen molar-refractivity contribution in [3.63, 3.8) is 0 Å². The van der Waals surface area contributed by atoms with Crippen molar-refractivity contribution >= 4 is 0 Å². The van der Waals surface area contributed by atoms with E-state index in [-0.39, 0.29) is 12.4 Å². The fraction of sp³-hybridized carbons (Fsp3) is 0.833. The number of nitrogens with zero attached hydrogens (tertiary/aromatic N) is 1. The van der Waals surface area contributed by atoms with Crippen LogP contribution in [0.5, 0.6) is 0 Å². The number of quaternary nitrogens is 1. The summed E-state index contributed by atoms with van der Waals surface area (Å²) in [4.78, 5) is 0. The van der Waals surface area contributed by atoms with Crippen molar-refractivity contribution in [2.45, 2.75) is 45.4 Å². The van der Waals surface area contributed by atoms with Gasteiger partial charge in [0.2, 0.25) is 0 Å². The molecule has 0 fully saturated rings. The molecule has 1 nitrogen and oxygen atoms in total. The van der Waals surface area contributed by atoms with E-state index in [2.05, 4.69) is 40.3 Å². The minimum Gasteiger partial charge on any atom is -1.00 e. The van der Waals surface area contributed by atoms with Gasteiger partial charge in [-0.3, -0.25) is 0 Å². The third-order valence-electron chi connectivity index (χ3n) is 2.03. The maximum atomic E-state index is 2.31. The highest BCUT2D eigenvalue weighted by Gasteiger charge is 1.98. The van der Waals surface area contributed by atoms with Crippen molar-refractivity contribution in [1.82, 2.24) is 0 Å². The van der Waals surface area contributed by atoms with Crippen LogP contribution < -0.4 is 12.4 Å². The first-order valence-corrected chi connectivity index (χ1v) is 5.55. The van der Waals surface area contributed by atoms with Gasteiger partial charge in [0.15, 0.2) is 0 Å². The highest BCUT2D eigenvalue weighted by molar-refractivity contribution is 4.72. The van der Waals surface area contributed by atoms with E-state index in [1.54, 1.807) is 0 Å². The lowest BCUT2D eigenvalue weighted by Crippen LogP contribution is -3.00. The van der Waals surface area contributed by atoms with Gasteiger partial charge in [-0.1, -0.05) is 32.6 Å². The average molecular weight is 220 g/mol. The molecule has 0 aliphatic rings. The van der Waals surface area contributed by atoms with E-state index in [0.717, 1.165) is 4.48 Å². The van der Waals surface area contributed by atoms with Crippen LogP contribution in [0, 0.1) is 0 Å². The lowest BCUT2D eigenvalue weighted by Gasteiger charge is -2.17. The Balaban J connectivity index is 0. The summed E-state index contributed by atoms with van der Waals surface area (Å²) >= 11 is 0. The van der Waals surface area contributed by atoms with Gasteiger partial charge >= 0.3 is 0 Å². The molecule has 0 atom stereocenters. The predicted octanol–water partition coefficient (Wildman–Crippen LogP) is 0.571. The molecular formula is C12H26ClN. The van der Waals surface area contributed by atoms with Crippen LogP contribution >= 0.6 is 0 Å². The maximum Gasteiger partial charge on any atom is 0.0911 e. The Morgan fingerprint density at radius 3 is 2.00 bits per heavy atom. The Morgan fingerprint density at radius 2 is 1.50 bits per heavy atom. The van der Waals surface area contributed by atoms with Crippen molar-refractivity contribution in [3.8, 4) is 0 Å². The zero-order valence-electron chi connectivity index (χ0n) is 10.2. The SMILES string of the molecule is CCCCCCCC=C[N+](C)(C)C.[Cl-]. The molecule has 0 saturated carbocycles. The Morgan fingerprint density at radius 1 is 0.929 bits per heavy atom. The van der Waals surface area contributed by atoms with Crippen LogP contribution in [0.3, 0.4) is 0 Å². The number of unbranched alkanes of at least 4 members (excludes halogenated alkanes) is 5. The minimum atomic E-state index is 0. The lowest BCUT2D eigenvalue weighted by atomic mass is 10.1. The van der Waals surface area contributed by atoms with Crippen molar-refractivity contribution in [2.24, 2.45) is 0 Å². The van der Waals surface area contributed by atoms with Crippen LogP contribution in [0.2, 0.25) is 0 Å². The van der Waals surface area contributed by atoms with Crippen LogP contribution in [0.15, 0.2) is 12.3 Å². The quantitative estimate of drug-likeness (QED) is 0.434. The molecule has 0 spiro atoms. The molecule has 0 aromatic rings. The van der Waals surface area contributed by atoms with E-state index in [9.17, 15) is 0 Å². The van der Waals surface area contributed by atoms with Crippen molar-refractivity contribution in [1.29, 1.82) is 0 Å². The summed E-state index contributed by atoms with van der Waals surface area (Å²) in [5.41, 5.74) is 0. The molecule has 0 aromatic heterocycles. The summed E-state index contributed by atoms with van der Waals surface area (Å²) in [5.74, 6) is 0. The molecule has 0 aliphatic carbocycles. The Kier molecular flexibility index (Phi) is 11.2. The van der Waals surface area contributed by atoms with Crippen LogP contribution in [-0.4, -0.2) is 25.6 Å². The van der Waals surface area contributed by atoms with Gasteiger partial charge in [-0.15, -0.1) is 0 Å². The first-order chi connectivity index (χ1) is 6.06. The molecular weight excluding hydrogens is 194 g/mol. The van der Waals surface area contributed by atoms with E-state index >= 15 is 0 Å². The normalized spacial score (nSPS) is 11.7. The largest absolute Gasteiger partial charge is 1.00 e. The summed E-state index contributed by atoms with van der Waals surface area (Å²) in [6, 6.07) is 0. The van der Waals surface area contributed by atoms with Gasteiger partial charge in [-0.2, -0.15) is 0 Å². The second-order valence-corrected chi connectivity index (χ2v) is 4.70. The fourth-order valence-corrected chi connectivity index (χ4v) is 1.26. The fourth-order valence-electron chi connectivity index (χ4n) is 1.26. The zero-order valence-corrected chi connectivity index (χ0v) is 11.0. The molecule has 0 aromatic carbocycles. The molecule has 14 heavy (non-hydrogen) atoms. The van der Waals surface area contributed by atoms with Crippen molar-refractivity contribution < 1.29 is 16.9 Å². The summed E-state index contributed by atoms with van der Waals surface area (Å²) in [6.07, 6.45) is 12.7. The summed E-state index contributed by atoms with van der Waals surface area (Å²) < 4.78 is 0.939. The maximum absolute atomic E-state index is 2.31. The van der Waals surface area contributed by atoms with Gasteiger partial charge in [0.05, 0.1) is 27.3 Å². The molecule has 86 valence electrons. The lowest BCUT2D eigenvalue weighted by molar-refractivity contribution is -0.817. The molecule has 2 heteroatoms. The average Bonchev–Trinajstić information content (AvgIpc) is 2.01. The molecule has 0 radical (unpaired) electrons. The Hall–Kier alpha value is -0.0100. The van der Waals surface area contributed by atoms with Crippen molar-refractivity contribution in [3.05, 3.63) is 12.3 Å². The van der Waals surface area contributed by atoms with Crippen LogP contribution in [-0.2, 0) is 0 Å². The second-order valence-electron chi connectivity index (χ2n) is 4.70. The number of rotatable bonds is 7. The Labute approximate surface area is 96.2 Å². The highest BCUT2D eigenvalue weighted by atomic mass is 35.5. The number of hydrogen-bond donors (Lipinski definition) is 0. The van der Waals surface area contributed by atoms with E-state index in [0.29, 0.717) is 0 Å². The van der Waals surface area contributed by atoms with Gasteiger partial charge in [0, 0.05) is 0 Å². The standard InChI is InChI=1S/C12H26N.ClH/c1-5-6-7-8-9-10-11-12-13(2,3)4;/h11-12H,5-10H2,1-4H3;1H/q+1;/p-1. The zero-order chi connectivity index (χ0) is 10.2. The van der Waals surface area contributed by atoms with Gasteiger partial charge in [0.1, 0.15) is 0 Å². The molecule has 0 heterocycles. The van der Waals surface area contributed by atoms with Crippen LogP contribution in [0.25, 0.3) is 0 Å². The smallest absolute Gasteiger partial charge is 0.0911 e. The molecule has 0 amide bonds. The second kappa shape index (κ2) is 9.54.